The number of aromatic nitrogens is 2. The summed E-state index contributed by atoms with van der Waals surface area (Å²) in [5.41, 5.74) is 5.49. The highest BCUT2D eigenvalue weighted by Crippen LogP contribution is 2.35. The lowest BCUT2D eigenvalue weighted by Crippen LogP contribution is -2.40. The second kappa shape index (κ2) is 11.0. The van der Waals surface area contributed by atoms with Crippen LogP contribution in [0, 0.1) is 6.92 Å². The molecule has 4 rings (SSSR count). The molecule has 1 aliphatic heterocycles. The summed E-state index contributed by atoms with van der Waals surface area (Å²) in [6.07, 6.45) is 3.59. The van der Waals surface area contributed by atoms with Crippen molar-refractivity contribution >= 4 is 23.4 Å². The summed E-state index contributed by atoms with van der Waals surface area (Å²) in [6.45, 7) is 3.31. The highest BCUT2D eigenvalue weighted by molar-refractivity contribution is 6.30. The monoisotopic (exact) mass is 479 g/mol. The fraction of sp³-hybridized carbons (Fsp3) is 0.370. The molecule has 0 saturated carbocycles. The van der Waals surface area contributed by atoms with E-state index in [1.807, 2.05) is 24.3 Å². The first-order chi connectivity index (χ1) is 16.4. The van der Waals surface area contributed by atoms with Gasteiger partial charge in [-0.3, -0.25) is 4.79 Å². The van der Waals surface area contributed by atoms with Gasteiger partial charge in [-0.2, -0.15) is 0 Å². The molecule has 2 N–H and O–H groups in total. The number of anilines is 1. The molecule has 3 aromatic rings. The predicted octanol–water partition coefficient (Wildman–Crippen LogP) is 5.53. The van der Waals surface area contributed by atoms with E-state index in [0.717, 1.165) is 59.8 Å². The number of aliphatic carboxylic acids is 1. The van der Waals surface area contributed by atoms with Gasteiger partial charge in [-0.25, -0.2) is 9.97 Å². The van der Waals surface area contributed by atoms with Crippen LogP contribution in [0.5, 0.6) is 0 Å². The van der Waals surface area contributed by atoms with E-state index in [2.05, 4.69) is 36.1 Å². The van der Waals surface area contributed by atoms with Crippen LogP contribution in [0.25, 0.3) is 22.5 Å². The van der Waals surface area contributed by atoms with E-state index in [1.165, 1.54) is 5.56 Å². The van der Waals surface area contributed by atoms with Crippen LogP contribution in [0.4, 0.5) is 5.82 Å². The van der Waals surface area contributed by atoms with Crippen molar-refractivity contribution in [3.8, 4) is 22.5 Å². The molecule has 6 nitrogen and oxygen atoms in total. The van der Waals surface area contributed by atoms with Gasteiger partial charge < -0.3 is 15.1 Å². The maximum Gasteiger partial charge on any atom is 0.303 e. The number of benzene rings is 2. The summed E-state index contributed by atoms with van der Waals surface area (Å²) in [7, 11) is 0. The largest absolute Gasteiger partial charge is 0.481 e. The molecule has 1 aromatic heterocycles. The number of carboxylic acid groups (broad SMARTS) is 1. The van der Waals surface area contributed by atoms with Crippen molar-refractivity contribution in [3.05, 3.63) is 64.8 Å². The SMILES string of the molecule is Cc1ccc(-c2nc3c(nc2-c2ccc(Cl)cc2)N(CCCCCCC(=O)O)CC(O)C3)cc1. The predicted molar refractivity (Wildman–Crippen MR) is 135 cm³/mol. The lowest BCUT2D eigenvalue weighted by atomic mass is 10.0. The number of aliphatic hydroxyl groups excluding tert-OH is 1. The van der Waals surface area contributed by atoms with Crippen LogP contribution in [0.3, 0.4) is 0 Å². The Morgan fingerprint density at radius 1 is 0.971 bits per heavy atom. The summed E-state index contributed by atoms with van der Waals surface area (Å²) in [6, 6.07) is 15.9. The molecule has 0 aliphatic carbocycles. The Balaban J connectivity index is 1.65. The third kappa shape index (κ3) is 5.93. The molecule has 0 bridgehead atoms. The quantitative estimate of drug-likeness (QED) is 0.392. The van der Waals surface area contributed by atoms with E-state index < -0.39 is 12.1 Å². The molecular weight excluding hydrogens is 450 g/mol. The maximum absolute atomic E-state index is 10.7. The number of carbonyl (C=O) groups is 1. The molecular formula is C27H30ClN3O3. The lowest BCUT2D eigenvalue weighted by Gasteiger charge is -2.33. The number of fused-ring (bicyclic) bond motifs is 1. The van der Waals surface area contributed by atoms with Gasteiger partial charge in [0.2, 0.25) is 0 Å². The van der Waals surface area contributed by atoms with Crippen LogP contribution in [-0.2, 0) is 11.2 Å². The van der Waals surface area contributed by atoms with Gasteiger partial charge in [0.1, 0.15) is 0 Å². The average Bonchev–Trinajstić information content (AvgIpc) is 2.81. The van der Waals surface area contributed by atoms with Crippen molar-refractivity contribution in [2.45, 2.75) is 51.6 Å². The number of rotatable bonds is 9. The van der Waals surface area contributed by atoms with Crippen molar-refractivity contribution < 1.29 is 15.0 Å². The molecule has 2 aromatic carbocycles. The highest BCUT2D eigenvalue weighted by Gasteiger charge is 2.28. The van der Waals surface area contributed by atoms with Gasteiger partial charge in [-0.15, -0.1) is 0 Å². The number of halogens is 1. The van der Waals surface area contributed by atoms with E-state index in [1.54, 1.807) is 0 Å². The van der Waals surface area contributed by atoms with Crippen molar-refractivity contribution in [2.75, 3.05) is 18.0 Å². The molecule has 1 atom stereocenters. The van der Waals surface area contributed by atoms with Gasteiger partial charge in [0.15, 0.2) is 5.82 Å². The summed E-state index contributed by atoms with van der Waals surface area (Å²) in [5, 5.41) is 20.0. The van der Waals surface area contributed by atoms with Crippen LogP contribution in [-0.4, -0.2) is 45.3 Å². The molecule has 1 aliphatic rings. The Morgan fingerprint density at radius 3 is 2.26 bits per heavy atom. The number of carboxylic acids is 1. The summed E-state index contributed by atoms with van der Waals surface area (Å²) >= 11 is 6.13. The summed E-state index contributed by atoms with van der Waals surface area (Å²) in [4.78, 5) is 23.0. The fourth-order valence-corrected chi connectivity index (χ4v) is 4.46. The number of aliphatic hydroxyl groups is 1. The Bertz CT molecular complexity index is 1130. The van der Waals surface area contributed by atoms with Crippen molar-refractivity contribution in [3.63, 3.8) is 0 Å². The van der Waals surface area contributed by atoms with E-state index in [4.69, 9.17) is 26.7 Å². The minimum atomic E-state index is -0.748. The lowest BCUT2D eigenvalue weighted by molar-refractivity contribution is -0.137. The van der Waals surface area contributed by atoms with Gasteiger partial charge in [0.25, 0.3) is 0 Å². The number of aryl methyl sites for hydroxylation is 1. The van der Waals surface area contributed by atoms with Crippen LogP contribution in [0.2, 0.25) is 5.02 Å². The number of unbranched alkanes of at least 4 members (excludes halogenated alkanes) is 3. The molecule has 0 spiro atoms. The molecule has 2 heterocycles. The van der Waals surface area contributed by atoms with Gasteiger partial charge in [-0.1, -0.05) is 66.4 Å². The van der Waals surface area contributed by atoms with E-state index in [0.29, 0.717) is 24.4 Å². The highest BCUT2D eigenvalue weighted by atomic mass is 35.5. The zero-order chi connectivity index (χ0) is 24.1. The zero-order valence-electron chi connectivity index (χ0n) is 19.4. The Morgan fingerprint density at radius 2 is 1.59 bits per heavy atom. The normalized spacial score (nSPS) is 15.3. The van der Waals surface area contributed by atoms with Crippen LogP contribution in [0.1, 0.15) is 43.4 Å². The summed E-state index contributed by atoms with van der Waals surface area (Å²) < 4.78 is 0. The molecule has 34 heavy (non-hydrogen) atoms. The first-order valence-electron chi connectivity index (χ1n) is 11.8. The summed E-state index contributed by atoms with van der Waals surface area (Å²) in [5.74, 6) is 0.0686. The first kappa shape index (κ1) is 24.2. The van der Waals surface area contributed by atoms with Crippen molar-refractivity contribution in [2.24, 2.45) is 0 Å². The Hall–Kier alpha value is -2.96. The molecule has 1 unspecified atom stereocenters. The standard InChI is InChI=1S/C27H30ClN3O3/c1-18-7-9-19(10-8-18)25-26(20-11-13-21(28)14-12-20)30-27-23(29-25)16-22(32)17-31(27)15-5-3-2-4-6-24(33)34/h7-14,22,32H,2-6,15-17H2,1H3,(H,33,34). The molecule has 7 heteroatoms. The number of nitrogens with zero attached hydrogens (tertiary/aromatic N) is 3. The van der Waals surface area contributed by atoms with Crippen molar-refractivity contribution in [1.82, 2.24) is 9.97 Å². The van der Waals surface area contributed by atoms with Crippen LogP contribution >= 0.6 is 11.6 Å². The van der Waals surface area contributed by atoms with Gasteiger partial charge >= 0.3 is 5.97 Å². The van der Waals surface area contributed by atoms with Crippen molar-refractivity contribution in [1.29, 1.82) is 0 Å². The topological polar surface area (TPSA) is 86.6 Å². The molecule has 0 saturated heterocycles. The first-order valence-corrected chi connectivity index (χ1v) is 12.2. The molecule has 0 radical (unpaired) electrons. The Labute approximate surface area is 205 Å². The molecule has 178 valence electrons. The van der Waals surface area contributed by atoms with Crippen LogP contribution < -0.4 is 4.90 Å². The fourth-order valence-electron chi connectivity index (χ4n) is 4.33. The third-order valence-corrected chi connectivity index (χ3v) is 6.37. The van der Waals surface area contributed by atoms with Gasteiger partial charge in [-0.05, 0) is 31.9 Å². The number of hydrogen-bond acceptors (Lipinski definition) is 5. The Kier molecular flexibility index (Phi) is 7.80. The molecule has 0 fully saturated rings. The third-order valence-electron chi connectivity index (χ3n) is 6.12. The number of hydrogen-bond donors (Lipinski definition) is 2. The second-order valence-corrected chi connectivity index (χ2v) is 9.36. The van der Waals surface area contributed by atoms with E-state index in [9.17, 15) is 9.90 Å². The van der Waals surface area contributed by atoms with Crippen LogP contribution in [0.15, 0.2) is 48.5 Å². The minimum absolute atomic E-state index is 0.211. The van der Waals surface area contributed by atoms with E-state index >= 15 is 0 Å². The molecule has 0 amide bonds. The maximum atomic E-state index is 10.7. The smallest absolute Gasteiger partial charge is 0.303 e. The number of β-amino-alcohol motifs (C(OH)–C–C–N with tert-alkyl or cyclic N) is 1. The van der Waals surface area contributed by atoms with Gasteiger partial charge in [0, 0.05) is 42.1 Å². The minimum Gasteiger partial charge on any atom is -0.481 e. The second-order valence-electron chi connectivity index (χ2n) is 8.93. The zero-order valence-corrected chi connectivity index (χ0v) is 20.1. The van der Waals surface area contributed by atoms with E-state index in [-0.39, 0.29) is 6.42 Å². The average molecular weight is 480 g/mol. The van der Waals surface area contributed by atoms with Gasteiger partial charge in [0.05, 0.1) is 23.2 Å².